The number of hydrogen-bond donors (Lipinski definition) is 2. The van der Waals surface area contributed by atoms with Gasteiger partial charge in [0.1, 0.15) is 22.9 Å². The minimum absolute atomic E-state index is 0.0898. The van der Waals surface area contributed by atoms with Gasteiger partial charge in [-0.2, -0.15) is 0 Å². The standard InChI is InChI=1S/C38H44N6O4S/c1-37(2,3)47-35(45)43-15-7-8-29(43)33-39-19-27(41-33)22-12-14-26-21(16-22)9-10-24-18-30(49-32(24)26)28-20-40-34(42-28)31-23-11-13-25(17-23)44(31)36(46)48-38(4,5)6/h9-10,12,14,16,18-20,23,25,29,31H,7-8,11,13,15,17H2,1-6H3,(H,39,41)(H,40,42)/t23-,25+,29?,31-/m0/s1. The molecule has 49 heavy (non-hydrogen) atoms. The van der Waals surface area contributed by atoms with Gasteiger partial charge in [-0.25, -0.2) is 19.6 Å². The Kier molecular flexibility index (Phi) is 7.55. The average Bonchev–Trinajstić information content (AvgIpc) is 3.88. The van der Waals surface area contributed by atoms with Gasteiger partial charge in [0.25, 0.3) is 0 Å². The molecule has 5 aromatic rings. The molecule has 1 saturated carbocycles. The molecule has 3 fully saturated rings. The molecule has 2 aliphatic heterocycles. The summed E-state index contributed by atoms with van der Waals surface area (Å²) in [5.41, 5.74) is 1.85. The van der Waals surface area contributed by atoms with Gasteiger partial charge in [0.2, 0.25) is 0 Å². The lowest BCUT2D eigenvalue weighted by atomic mass is 9.98. The van der Waals surface area contributed by atoms with Crippen molar-refractivity contribution < 1.29 is 19.1 Å². The number of H-pyrrole nitrogens is 2. The zero-order valence-corrected chi connectivity index (χ0v) is 29.8. The molecule has 8 rings (SSSR count). The summed E-state index contributed by atoms with van der Waals surface area (Å²) in [7, 11) is 0. The largest absolute Gasteiger partial charge is 0.444 e. The first-order valence-corrected chi connectivity index (χ1v) is 18.2. The van der Waals surface area contributed by atoms with Crippen molar-refractivity contribution >= 4 is 44.4 Å². The molecule has 1 unspecified atom stereocenters. The Morgan fingerprint density at radius 3 is 2.35 bits per heavy atom. The lowest BCUT2D eigenvalue weighted by molar-refractivity contribution is 0.00613. The molecule has 2 aromatic carbocycles. The lowest BCUT2D eigenvalue weighted by Crippen LogP contribution is -2.43. The number of carbonyl (C=O) groups is 2. The molecule has 2 bridgehead atoms. The van der Waals surface area contributed by atoms with Crippen LogP contribution in [-0.4, -0.2) is 65.7 Å². The summed E-state index contributed by atoms with van der Waals surface area (Å²) in [6.45, 7) is 12.1. The first-order chi connectivity index (χ1) is 23.3. The van der Waals surface area contributed by atoms with Gasteiger partial charge in [-0.3, -0.25) is 9.80 Å². The summed E-state index contributed by atoms with van der Waals surface area (Å²) >= 11 is 1.75. The van der Waals surface area contributed by atoms with Gasteiger partial charge in [0, 0.05) is 22.8 Å². The van der Waals surface area contributed by atoms with Crippen LogP contribution in [0.4, 0.5) is 9.59 Å². The van der Waals surface area contributed by atoms with Crippen LogP contribution in [0, 0.1) is 5.92 Å². The predicted octanol–water partition coefficient (Wildman–Crippen LogP) is 9.37. The number of likely N-dealkylation sites (tertiary alicyclic amines) is 2. The Morgan fingerprint density at radius 2 is 1.55 bits per heavy atom. The van der Waals surface area contributed by atoms with Crippen molar-refractivity contribution in [2.24, 2.45) is 5.92 Å². The number of piperidine rings is 1. The van der Waals surface area contributed by atoms with Crippen LogP contribution in [0.1, 0.15) is 97.4 Å². The zero-order chi connectivity index (χ0) is 34.2. The van der Waals surface area contributed by atoms with E-state index < -0.39 is 11.2 Å². The maximum Gasteiger partial charge on any atom is 0.411 e. The van der Waals surface area contributed by atoms with E-state index >= 15 is 0 Å². The topological polar surface area (TPSA) is 116 Å². The SMILES string of the molecule is CC(C)(C)OC(=O)N1CCCC1c1ncc(-c2ccc3c(ccc4cc(-c5cnc([C@@H]6[C@H]7CC[C@H](C7)N6C(=O)OC(C)(C)C)[nH]5)sc43)c2)[nH]1. The summed E-state index contributed by atoms with van der Waals surface area (Å²) in [5, 5.41) is 3.51. The van der Waals surface area contributed by atoms with Gasteiger partial charge < -0.3 is 19.4 Å². The number of amides is 2. The Hall–Kier alpha value is -4.38. The molecule has 2 amide bonds. The van der Waals surface area contributed by atoms with Crippen LogP contribution in [0.15, 0.2) is 48.8 Å². The van der Waals surface area contributed by atoms with Gasteiger partial charge in [-0.1, -0.05) is 24.3 Å². The summed E-state index contributed by atoms with van der Waals surface area (Å²) in [6.07, 6.45) is 8.12. The van der Waals surface area contributed by atoms with E-state index in [1.165, 1.54) is 15.5 Å². The highest BCUT2D eigenvalue weighted by molar-refractivity contribution is 7.23. The van der Waals surface area contributed by atoms with Crippen LogP contribution < -0.4 is 0 Å². The molecule has 2 saturated heterocycles. The summed E-state index contributed by atoms with van der Waals surface area (Å²) in [4.78, 5) is 47.6. The average molecular weight is 681 g/mol. The number of imidazole rings is 2. The monoisotopic (exact) mass is 680 g/mol. The molecular weight excluding hydrogens is 637 g/mol. The van der Waals surface area contributed by atoms with Crippen LogP contribution in [0.2, 0.25) is 0 Å². The predicted molar refractivity (Wildman–Crippen MR) is 191 cm³/mol. The quantitative estimate of drug-likeness (QED) is 0.195. The Morgan fingerprint density at radius 1 is 0.837 bits per heavy atom. The summed E-state index contributed by atoms with van der Waals surface area (Å²) in [5.74, 6) is 2.02. The highest BCUT2D eigenvalue weighted by atomic mass is 32.1. The molecule has 11 heteroatoms. The van der Waals surface area contributed by atoms with E-state index in [1.807, 2.05) is 58.8 Å². The second-order valence-electron chi connectivity index (χ2n) is 15.8. The van der Waals surface area contributed by atoms with E-state index in [0.717, 1.165) is 71.0 Å². The number of hydrogen-bond acceptors (Lipinski definition) is 7. The molecule has 0 radical (unpaired) electrons. The molecule has 256 valence electrons. The van der Waals surface area contributed by atoms with Gasteiger partial charge in [-0.05, 0) is 108 Å². The van der Waals surface area contributed by atoms with Gasteiger partial charge in [0.05, 0.1) is 40.7 Å². The number of fused-ring (bicyclic) bond motifs is 5. The molecular formula is C38H44N6O4S. The van der Waals surface area contributed by atoms with Crippen molar-refractivity contribution in [1.82, 2.24) is 29.7 Å². The maximum atomic E-state index is 13.2. The van der Waals surface area contributed by atoms with Crippen LogP contribution in [-0.2, 0) is 9.47 Å². The number of carbonyl (C=O) groups excluding carboxylic acids is 2. The molecule has 3 aromatic heterocycles. The van der Waals surface area contributed by atoms with Gasteiger partial charge >= 0.3 is 12.2 Å². The minimum atomic E-state index is -0.542. The summed E-state index contributed by atoms with van der Waals surface area (Å²) in [6, 6.07) is 13.1. The van der Waals surface area contributed by atoms with Crippen molar-refractivity contribution in [3.8, 4) is 21.8 Å². The van der Waals surface area contributed by atoms with Crippen molar-refractivity contribution in [3.05, 3.63) is 60.4 Å². The normalized spacial score (nSPS) is 22.5. The van der Waals surface area contributed by atoms with Crippen LogP contribution >= 0.6 is 11.3 Å². The number of nitrogens with zero attached hydrogens (tertiary/aromatic N) is 4. The van der Waals surface area contributed by atoms with Crippen molar-refractivity contribution in [2.45, 2.75) is 103 Å². The third-order valence-corrected chi connectivity index (χ3v) is 11.2. The molecule has 10 nitrogen and oxygen atoms in total. The highest BCUT2D eigenvalue weighted by Gasteiger charge is 2.51. The van der Waals surface area contributed by atoms with E-state index in [1.54, 1.807) is 16.2 Å². The second-order valence-corrected chi connectivity index (χ2v) is 16.8. The number of aromatic nitrogens is 4. The first kappa shape index (κ1) is 31.9. The van der Waals surface area contributed by atoms with E-state index in [9.17, 15) is 9.59 Å². The second kappa shape index (κ2) is 11.6. The number of thiophene rings is 1. The van der Waals surface area contributed by atoms with Crippen molar-refractivity contribution in [3.63, 3.8) is 0 Å². The third-order valence-electron chi connectivity index (χ3n) is 9.93. The van der Waals surface area contributed by atoms with E-state index in [0.29, 0.717) is 12.5 Å². The lowest BCUT2D eigenvalue weighted by Gasteiger charge is -2.35. The number of benzene rings is 2. The van der Waals surface area contributed by atoms with E-state index in [4.69, 9.17) is 19.4 Å². The van der Waals surface area contributed by atoms with Crippen LogP contribution in [0.25, 0.3) is 42.7 Å². The fourth-order valence-corrected chi connectivity index (χ4v) is 9.06. The summed E-state index contributed by atoms with van der Waals surface area (Å²) < 4.78 is 12.7. The Labute approximate surface area is 290 Å². The van der Waals surface area contributed by atoms with Crippen molar-refractivity contribution in [2.75, 3.05) is 6.54 Å². The Balaban J connectivity index is 1.04. The van der Waals surface area contributed by atoms with Gasteiger partial charge in [-0.15, -0.1) is 11.3 Å². The Bertz CT molecular complexity index is 2070. The smallest absolute Gasteiger partial charge is 0.411 e. The number of ether oxygens (including phenoxy) is 2. The number of rotatable bonds is 4. The van der Waals surface area contributed by atoms with E-state index in [2.05, 4.69) is 46.4 Å². The number of aromatic amines is 2. The van der Waals surface area contributed by atoms with Crippen LogP contribution in [0.5, 0.6) is 0 Å². The molecule has 5 heterocycles. The molecule has 4 atom stereocenters. The zero-order valence-electron chi connectivity index (χ0n) is 29.0. The molecule has 1 aliphatic carbocycles. The molecule has 0 spiro atoms. The third kappa shape index (κ3) is 5.96. The molecule has 2 N–H and O–H groups in total. The molecule has 3 aliphatic rings. The fourth-order valence-electron chi connectivity index (χ4n) is 7.90. The van der Waals surface area contributed by atoms with Crippen molar-refractivity contribution in [1.29, 1.82) is 0 Å². The van der Waals surface area contributed by atoms with Crippen LogP contribution in [0.3, 0.4) is 0 Å². The first-order valence-electron chi connectivity index (χ1n) is 17.4. The van der Waals surface area contributed by atoms with E-state index in [-0.39, 0.29) is 30.3 Å². The maximum absolute atomic E-state index is 13.2. The van der Waals surface area contributed by atoms with Gasteiger partial charge in [0.15, 0.2) is 0 Å². The fraction of sp³-hybridized carbons (Fsp3) is 0.474. The number of nitrogens with one attached hydrogen (secondary N) is 2. The minimum Gasteiger partial charge on any atom is -0.444 e. The highest BCUT2D eigenvalue weighted by Crippen LogP contribution is 2.50.